The molecule has 0 fully saturated rings. The standard InChI is InChI=1S/C17H20ClNO2/c1-19(13-17(20)14-5-3-2-4-6-14)11-12-21-16-9-7-15(18)8-10-16/h2-10,17,20H,11-13H2,1H3/p+1/t17-/m0/s1. The van der Waals surface area contributed by atoms with Crippen molar-refractivity contribution in [2.75, 3.05) is 26.7 Å². The van der Waals surface area contributed by atoms with E-state index in [1.54, 1.807) is 0 Å². The zero-order chi connectivity index (χ0) is 15.1. The number of ether oxygens (including phenoxy) is 1. The molecule has 2 aromatic rings. The highest BCUT2D eigenvalue weighted by atomic mass is 35.5. The highest BCUT2D eigenvalue weighted by molar-refractivity contribution is 6.30. The van der Waals surface area contributed by atoms with Gasteiger partial charge in [0.1, 0.15) is 31.5 Å². The van der Waals surface area contributed by atoms with Gasteiger partial charge in [-0.05, 0) is 29.8 Å². The summed E-state index contributed by atoms with van der Waals surface area (Å²) in [5, 5.41) is 10.9. The van der Waals surface area contributed by atoms with Gasteiger partial charge in [-0.3, -0.25) is 0 Å². The third-order valence-electron chi connectivity index (χ3n) is 3.34. The van der Waals surface area contributed by atoms with Crippen LogP contribution in [0.1, 0.15) is 11.7 Å². The summed E-state index contributed by atoms with van der Waals surface area (Å²) in [5.41, 5.74) is 0.954. The molecule has 0 amide bonds. The van der Waals surface area contributed by atoms with Crippen LogP contribution in [0.15, 0.2) is 54.6 Å². The predicted molar refractivity (Wildman–Crippen MR) is 85.0 cm³/mol. The second-order valence-corrected chi connectivity index (χ2v) is 5.58. The molecule has 0 heterocycles. The predicted octanol–water partition coefficient (Wildman–Crippen LogP) is 1.97. The number of quaternary nitrogens is 1. The van der Waals surface area contributed by atoms with E-state index in [0.29, 0.717) is 18.2 Å². The maximum Gasteiger partial charge on any atom is 0.137 e. The largest absolute Gasteiger partial charge is 0.488 e. The summed E-state index contributed by atoms with van der Waals surface area (Å²) >= 11 is 5.82. The van der Waals surface area contributed by atoms with E-state index >= 15 is 0 Å². The van der Waals surface area contributed by atoms with Gasteiger partial charge < -0.3 is 14.7 Å². The van der Waals surface area contributed by atoms with Gasteiger partial charge >= 0.3 is 0 Å². The maximum atomic E-state index is 10.2. The normalized spacial score (nSPS) is 13.7. The third-order valence-corrected chi connectivity index (χ3v) is 3.59. The molecule has 0 aliphatic rings. The molecule has 0 saturated heterocycles. The first kappa shape index (κ1) is 15.8. The third kappa shape index (κ3) is 5.38. The topological polar surface area (TPSA) is 33.9 Å². The molecule has 2 atom stereocenters. The zero-order valence-electron chi connectivity index (χ0n) is 12.1. The molecule has 0 radical (unpaired) electrons. The van der Waals surface area contributed by atoms with Crippen LogP contribution in [0, 0.1) is 0 Å². The van der Waals surface area contributed by atoms with Crippen LogP contribution in [-0.4, -0.2) is 31.9 Å². The Kier molecular flexibility index (Phi) is 6.05. The molecule has 1 unspecified atom stereocenters. The molecule has 3 nitrogen and oxygen atoms in total. The summed E-state index contributed by atoms with van der Waals surface area (Å²) in [6, 6.07) is 17.1. The molecular formula is C17H21ClNO2+. The van der Waals surface area contributed by atoms with Gasteiger partial charge in [-0.1, -0.05) is 41.9 Å². The molecule has 0 aromatic heterocycles. The van der Waals surface area contributed by atoms with Gasteiger partial charge in [0.2, 0.25) is 0 Å². The van der Waals surface area contributed by atoms with Gasteiger partial charge in [-0.25, -0.2) is 0 Å². The minimum absolute atomic E-state index is 0.443. The van der Waals surface area contributed by atoms with Crippen LogP contribution < -0.4 is 9.64 Å². The number of aliphatic hydroxyl groups is 1. The Balaban J connectivity index is 1.72. The fourth-order valence-electron chi connectivity index (χ4n) is 2.10. The SMILES string of the molecule is C[NH+](CCOc1ccc(Cl)cc1)C[C@H](O)c1ccccc1. The lowest BCUT2D eigenvalue weighted by molar-refractivity contribution is -0.883. The monoisotopic (exact) mass is 306 g/mol. The smallest absolute Gasteiger partial charge is 0.137 e. The summed E-state index contributed by atoms with van der Waals surface area (Å²) in [6.07, 6.45) is -0.443. The van der Waals surface area contributed by atoms with Crippen molar-refractivity contribution in [3.63, 3.8) is 0 Å². The second-order valence-electron chi connectivity index (χ2n) is 5.14. The van der Waals surface area contributed by atoms with Gasteiger partial charge in [0.15, 0.2) is 0 Å². The van der Waals surface area contributed by atoms with Crippen LogP contribution in [0.2, 0.25) is 5.02 Å². The highest BCUT2D eigenvalue weighted by Gasteiger charge is 2.13. The Bertz CT molecular complexity index is 530. The molecule has 2 rings (SSSR count). The number of hydrogen-bond donors (Lipinski definition) is 2. The van der Waals surface area contributed by atoms with E-state index in [1.165, 1.54) is 4.90 Å². The van der Waals surface area contributed by atoms with E-state index in [0.717, 1.165) is 17.9 Å². The van der Waals surface area contributed by atoms with Crippen LogP contribution in [-0.2, 0) is 0 Å². The zero-order valence-corrected chi connectivity index (χ0v) is 12.9. The minimum atomic E-state index is -0.443. The fraction of sp³-hybridized carbons (Fsp3) is 0.294. The number of hydrogen-bond acceptors (Lipinski definition) is 2. The van der Waals surface area contributed by atoms with Crippen molar-refractivity contribution in [1.29, 1.82) is 0 Å². The first-order valence-corrected chi connectivity index (χ1v) is 7.45. The van der Waals surface area contributed by atoms with Crippen molar-refractivity contribution >= 4 is 11.6 Å². The quantitative estimate of drug-likeness (QED) is 0.820. The molecule has 0 spiro atoms. The molecule has 2 N–H and O–H groups in total. The Morgan fingerprint density at radius 1 is 1.10 bits per heavy atom. The van der Waals surface area contributed by atoms with E-state index in [-0.39, 0.29) is 0 Å². The van der Waals surface area contributed by atoms with E-state index < -0.39 is 6.10 Å². The molecule has 0 bridgehead atoms. The van der Waals surface area contributed by atoms with Crippen LogP contribution in [0.3, 0.4) is 0 Å². The van der Waals surface area contributed by atoms with Gasteiger partial charge in [0.05, 0.1) is 7.05 Å². The Labute approximate surface area is 130 Å². The summed E-state index contributed by atoms with van der Waals surface area (Å²) in [6.45, 7) is 2.09. The van der Waals surface area contributed by atoms with Crippen molar-refractivity contribution in [3.05, 3.63) is 65.2 Å². The van der Waals surface area contributed by atoms with Crippen LogP contribution in [0.4, 0.5) is 0 Å². The lowest BCUT2D eigenvalue weighted by Gasteiger charge is -2.18. The molecule has 0 aliphatic carbocycles. The van der Waals surface area contributed by atoms with Crippen molar-refractivity contribution in [1.82, 2.24) is 0 Å². The maximum absolute atomic E-state index is 10.2. The van der Waals surface area contributed by atoms with Gasteiger partial charge in [0.25, 0.3) is 0 Å². The van der Waals surface area contributed by atoms with Gasteiger partial charge in [0, 0.05) is 5.02 Å². The lowest BCUT2D eigenvalue weighted by Crippen LogP contribution is -3.10. The first-order valence-electron chi connectivity index (χ1n) is 7.08. The highest BCUT2D eigenvalue weighted by Crippen LogP contribution is 2.15. The number of likely N-dealkylation sites (N-methyl/N-ethyl adjacent to an activating group) is 1. The summed E-state index contributed by atoms with van der Waals surface area (Å²) in [5.74, 6) is 0.816. The fourth-order valence-corrected chi connectivity index (χ4v) is 2.23. The van der Waals surface area contributed by atoms with Gasteiger partial charge in [-0.2, -0.15) is 0 Å². The second kappa shape index (κ2) is 8.03. The molecule has 2 aromatic carbocycles. The molecule has 112 valence electrons. The molecule has 0 saturated carbocycles. The average Bonchev–Trinajstić information content (AvgIpc) is 2.50. The molecule has 21 heavy (non-hydrogen) atoms. The summed E-state index contributed by atoms with van der Waals surface area (Å²) in [4.78, 5) is 1.22. The lowest BCUT2D eigenvalue weighted by atomic mass is 10.1. The molecular weight excluding hydrogens is 286 g/mol. The van der Waals surface area contributed by atoms with Crippen LogP contribution >= 0.6 is 11.6 Å². The molecule has 4 heteroatoms. The summed E-state index contributed by atoms with van der Waals surface area (Å²) in [7, 11) is 2.05. The number of nitrogens with one attached hydrogen (secondary N) is 1. The average molecular weight is 307 g/mol. The van der Waals surface area contributed by atoms with Crippen molar-refractivity contribution in [2.24, 2.45) is 0 Å². The summed E-state index contributed by atoms with van der Waals surface area (Å²) < 4.78 is 5.66. The van der Waals surface area contributed by atoms with Crippen molar-refractivity contribution in [2.45, 2.75) is 6.10 Å². The number of rotatable bonds is 7. The Morgan fingerprint density at radius 2 is 1.76 bits per heavy atom. The van der Waals surface area contributed by atoms with Crippen LogP contribution in [0.5, 0.6) is 5.75 Å². The Hall–Kier alpha value is -1.55. The van der Waals surface area contributed by atoms with E-state index in [4.69, 9.17) is 16.3 Å². The number of benzene rings is 2. The number of aliphatic hydroxyl groups excluding tert-OH is 1. The van der Waals surface area contributed by atoms with Crippen LogP contribution in [0.25, 0.3) is 0 Å². The van der Waals surface area contributed by atoms with E-state index in [2.05, 4.69) is 7.05 Å². The molecule has 0 aliphatic heterocycles. The first-order chi connectivity index (χ1) is 10.1. The van der Waals surface area contributed by atoms with Crippen molar-refractivity contribution in [3.8, 4) is 5.75 Å². The number of halogens is 1. The van der Waals surface area contributed by atoms with E-state index in [1.807, 2.05) is 54.6 Å². The Morgan fingerprint density at radius 3 is 2.43 bits per heavy atom. The minimum Gasteiger partial charge on any atom is -0.488 e. The van der Waals surface area contributed by atoms with E-state index in [9.17, 15) is 5.11 Å². The van der Waals surface area contributed by atoms with Gasteiger partial charge in [-0.15, -0.1) is 0 Å². The van der Waals surface area contributed by atoms with Crippen molar-refractivity contribution < 1.29 is 14.7 Å².